The highest BCUT2D eigenvalue weighted by atomic mass is 32.2. The molecule has 0 heterocycles. The second-order valence-electron chi connectivity index (χ2n) is 10.4. The fourth-order valence-corrected chi connectivity index (χ4v) is 8.30. The summed E-state index contributed by atoms with van der Waals surface area (Å²) in [4.78, 5) is -1.69. The molecule has 26 heteroatoms. The number of phenolic OH excluding ortho intramolecular Hbond substituents is 1. The van der Waals surface area contributed by atoms with Gasteiger partial charge in [-0.2, -0.15) is 21.9 Å². The zero-order valence-electron chi connectivity index (χ0n) is 26.5. The van der Waals surface area contributed by atoms with E-state index in [1.54, 1.807) is 0 Å². The summed E-state index contributed by atoms with van der Waals surface area (Å²) in [5.74, 6) is -1.02. The van der Waals surface area contributed by atoms with Crippen LogP contribution in [0.15, 0.2) is 113 Å². The van der Waals surface area contributed by atoms with Crippen molar-refractivity contribution in [2.24, 2.45) is 20.5 Å². The molecule has 0 saturated heterocycles. The third kappa shape index (κ3) is 9.27. The summed E-state index contributed by atoms with van der Waals surface area (Å²) in [6.07, 6.45) is 0. The second-order valence-corrected chi connectivity index (χ2v) is 16.5. The number of anilines is 1. The van der Waals surface area contributed by atoms with Gasteiger partial charge in [0, 0.05) is 21.5 Å². The lowest BCUT2D eigenvalue weighted by molar-refractivity contribution is -0.434. The maximum Gasteiger partial charge on any atom is 0.297 e. The molecule has 5 aromatic carbocycles. The zero-order valence-corrected chi connectivity index (χ0v) is 30.6. The third-order valence-electron chi connectivity index (χ3n) is 7.14. The van der Waals surface area contributed by atoms with Gasteiger partial charge in [0.05, 0.1) is 45.6 Å². The Morgan fingerprint density at radius 2 is 1.39 bits per heavy atom. The largest absolute Gasteiger partial charge is 0.505 e. The Labute approximate surface area is 312 Å². The summed E-state index contributed by atoms with van der Waals surface area (Å²) in [7, 11) is -13.7. The van der Waals surface area contributed by atoms with E-state index >= 15 is 0 Å². The molecule has 5 aromatic rings. The minimum Gasteiger partial charge on any atom is -0.505 e. The van der Waals surface area contributed by atoms with Crippen LogP contribution in [-0.4, -0.2) is 62.3 Å². The Balaban J connectivity index is 1.54. The summed E-state index contributed by atoms with van der Waals surface area (Å²) >= 11 is 0.550. The fourth-order valence-electron chi connectivity index (χ4n) is 4.87. The molecule has 7 N–H and O–H groups in total. The van der Waals surface area contributed by atoms with Crippen LogP contribution >= 0.6 is 24.4 Å². The summed E-state index contributed by atoms with van der Waals surface area (Å²) in [6.45, 7) is -0.292. The third-order valence-corrected chi connectivity index (χ3v) is 11.7. The molecule has 0 aliphatic carbocycles. The predicted octanol–water partition coefficient (Wildman–Crippen LogP) is 6.81. The first-order chi connectivity index (χ1) is 25.6. The Morgan fingerprint density at radius 1 is 0.704 bits per heavy atom. The monoisotopic (exact) mass is 845 g/mol. The van der Waals surface area contributed by atoms with Gasteiger partial charge >= 0.3 is 0 Å². The Morgan fingerprint density at radius 3 is 2.06 bits per heavy atom. The van der Waals surface area contributed by atoms with Gasteiger partial charge in [0.25, 0.3) is 20.2 Å². The number of nitrogens with two attached hydrogens (primary N) is 1. The lowest BCUT2D eigenvalue weighted by Crippen LogP contribution is -2.10. The van der Waals surface area contributed by atoms with Crippen LogP contribution < -0.4 is 5.73 Å². The van der Waals surface area contributed by atoms with E-state index in [1.165, 1.54) is 42.5 Å². The standard InChI is InChI=1S/C28H23N5O16S5/c29-21-10-8-18-20(25(21)32-30-15-4-6-16(7-5-15)52(37,38)13-12-45-51-49-47-36)14-23(50-48-46-35)26(27(18)34)33-31-22-11-9-17-19(28(22)54(42,43)44)2-1-3-24(17)53(39,40)41/h1-11,14,34-36H,12-13,29H2,(H,39,40,41)(H,42,43,44)/b32-30+,33-31+. The molecule has 0 bridgehead atoms. The lowest BCUT2D eigenvalue weighted by atomic mass is 10.1. The van der Waals surface area contributed by atoms with Crippen molar-refractivity contribution in [1.29, 1.82) is 0 Å². The fraction of sp³-hybridized carbons (Fsp3) is 0.0714. The summed E-state index contributed by atoms with van der Waals surface area (Å²) in [6, 6.07) is 14.8. The molecule has 54 heavy (non-hydrogen) atoms. The number of nitrogen functional groups attached to an aromatic ring is 1. The number of hydrogen-bond acceptors (Lipinski definition) is 21. The smallest absolute Gasteiger partial charge is 0.297 e. The minimum atomic E-state index is -5.12. The summed E-state index contributed by atoms with van der Waals surface area (Å²) in [5, 5.41) is 51.1. The summed E-state index contributed by atoms with van der Waals surface area (Å²) in [5.41, 5.74) is 5.58. The van der Waals surface area contributed by atoms with Gasteiger partial charge in [-0.3, -0.25) is 13.3 Å². The van der Waals surface area contributed by atoms with Crippen LogP contribution in [0.1, 0.15) is 0 Å². The molecule has 0 unspecified atom stereocenters. The van der Waals surface area contributed by atoms with Crippen LogP contribution in [0.25, 0.3) is 21.5 Å². The normalized spacial score (nSPS) is 12.8. The highest BCUT2D eigenvalue weighted by molar-refractivity contribution is 7.94. The maximum atomic E-state index is 12.6. The number of fused-ring (bicyclic) bond motifs is 2. The van der Waals surface area contributed by atoms with Crippen molar-refractivity contribution >= 4 is 104 Å². The molecule has 0 aliphatic rings. The van der Waals surface area contributed by atoms with Gasteiger partial charge in [-0.05, 0) is 54.6 Å². The Kier molecular flexibility index (Phi) is 12.8. The topological polar surface area (TPSA) is 325 Å². The van der Waals surface area contributed by atoms with Gasteiger partial charge < -0.3 is 10.8 Å². The van der Waals surface area contributed by atoms with Crippen LogP contribution in [0.5, 0.6) is 5.75 Å². The Bertz CT molecular complexity index is 2610. The van der Waals surface area contributed by atoms with E-state index in [-0.39, 0.29) is 73.0 Å². The molecule has 5 rings (SSSR count). The Hall–Kier alpha value is -4.39. The number of sulfone groups is 1. The van der Waals surface area contributed by atoms with Crippen molar-refractivity contribution in [3.8, 4) is 5.75 Å². The molecule has 0 radical (unpaired) electrons. The number of aromatic hydroxyl groups is 1. The van der Waals surface area contributed by atoms with Crippen molar-refractivity contribution in [2.45, 2.75) is 19.6 Å². The lowest BCUT2D eigenvalue weighted by Gasteiger charge is -2.12. The van der Waals surface area contributed by atoms with Gasteiger partial charge in [-0.25, -0.2) is 18.9 Å². The number of hydrogen-bond donors (Lipinski definition) is 6. The van der Waals surface area contributed by atoms with Crippen LogP contribution in [0.3, 0.4) is 0 Å². The van der Waals surface area contributed by atoms with Crippen molar-refractivity contribution in [2.75, 3.05) is 18.1 Å². The second kappa shape index (κ2) is 17.0. The van der Waals surface area contributed by atoms with E-state index in [0.29, 0.717) is 12.0 Å². The predicted molar refractivity (Wildman–Crippen MR) is 189 cm³/mol. The average Bonchev–Trinajstić information content (AvgIpc) is 3.11. The van der Waals surface area contributed by atoms with Crippen molar-refractivity contribution in [3.05, 3.63) is 72.8 Å². The van der Waals surface area contributed by atoms with Crippen LogP contribution in [0.4, 0.5) is 28.4 Å². The number of phenols is 1. The number of azo groups is 2. The zero-order chi connectivity index (χ0) is 39.3. The first-order valence-corrected chi connectivity index (χ1v) is 20.2. The SMILES string of the molecule is Nc1ccc2c(O)c(/N=N/c3ccc4c(S(=O)(=O)O)cccc4c3S(=O)(=O)O)c(SOOO)cc2c1/N=N/c1ccc(S(=O)(=O)CCOSOOO)cc1. The van der Waals surface area contributed by atoms with E-state index < -0.39 is 57.1 Å². The van der Waals surface area contributed by atoms with Crippen LogP contribution in [-0.2, 0) is 53.0 Å². The molecule has 0 fully saturated rings. The van der Waals surface area contributed by atoms with Gasteiger partial charge in [0.1, 0.15) is 26.9 Å². The van der Waals surface area contributed by atoms with Crippen molar-refractivity contribution in [3.63, 3.8) is 0 Å². The van der Waals surface area contributed by atoms with E-state index in [0.717, 1.165) is 30.3 Å². The van der Waals surface area contributed by atoms with Crippen LogP contribution in [0.2, 0.25) is 0 Å². The maximum absolute atomic E-state index is 12.6. The van der Waals surface area contributed by atoms with Crippen molar-refractivity contribution < 1.29 is 72.9 Å². The average molecular weight is 846 g/mol. The van der Waals surface area contributed by atoms with Gasteiger partial charge in [-0.15, -0.1) is 24.0 Å². The van der Waals surface area contributed by atoms with Gasteiger partial charge in [0.15, 0.2) is 27.9 Å². The van der Waals surface area contributed by atoms with Crippen LogP contribution in [0, 0.1) is 0 Å². The molecule has 0 atom stereocenters. The minimum absolute atomic E-state index is 0.0105. The first-order valence-electron chi connectivity index (χ1n) is 14.2. The van der Waals surface area contributed by atoms with E-state index in [4.69, 9.17) is 20.4 Å². The molecule has 0 aromatic heterocycles. The molecule has 0 saturated carbocycles. The molecule has 0 amide bonds. The van der Waals surface area contributed by atoms with E-state index in [9.17, 15) is 39.5 Å². The quantitative estimate of drug-likeness (QED) is 0.0113. The molecule has 0 spiro atoms. The number of rotatable bonds is 16. The van der Waals surface area contributed by atoms with E-state index in [1.807, 2.05) is 0 Å². The summed E-state index contributed by atoms with van der Waals surface area (Å²) < 4.78 is 107. The van der Waals surface area contributed by atoms with Gasteiger partial charge in [0.2, 0.25) is 0 Å². The molecule has 286 valence electrons. The first kappa shape index (κ1) is 40.8. The highest BCUT2D eigenvalue weighted by Crippen LogP contribution is 2.48. The molecule has 21 nitrogen and oxygen atoms in total. The number of nitrogens with zero attached hydrogens (tertiary/aromatic N) is 4. The molecule has 0 aliphatic heterocycles. The molecular weight excluding hydrogens is 823 g/mol. The highest BCUT2D eigenvalue weighted by Gasteiger charge is 2.25. The van der Waals surface area contributed by atoms with Gasteiger partial charge in [-0.1, -0.05) is 28.3 Å². The van der Waals surface area contributed by atoms with E-state index in [2.05, 4.69) is 39.2 Å². The number of benzene rings is 5. The van der Waals surface area contributed by atoms with Crippen molar-refractivity contribution in [1.82, 2.24) is 0 Å². The molecular formula is C28H23N5O16S5.